The van der Waals surface area contributed by atoms with Gasteiger partial charge in [0.15, 0.2) is 5.60 Å². The maximum Gasteiger partial charge on any atom is 0.178 e. The van der Waals surface area contributed by atoms with Crippen LogP contribution < -0.4 is 19.1 Å². The Labute approximate surface area is 194 Å². The van der Waals surface area contributed by atoms with Gasteiger partial charge in [-0.25, -0.2) is 0 Å². The van der Waals surface area contributed by atoms with Crippen LogP contribution in [0.3, 0.4) is 0 Å². The first-order valence-corrected chi connectivity index (χ1v) is 11.0. The van der Waals surface area contributed by atoms with E-state index < -0.39 is 5.60 Å². The molecule has 1 aliphatic heterocycles. The van der Waals surface area contributed by atoms with Crippen LogP contribution in [0.1, 0.15) is 16.7 Å². The van der Waals surface area contributed by atoms with Crippen molar-refractivity contribution in [3.63, 3.8) is 0 Å². The highest BCUT2D eigenvalue weighted by Crippen LogP contribution is 2.47. The second-order valence-corrected chi connectivity index (χ2v) is 8.39. The van der Waals surface area contributed by atoms with Gasteiger partial charge < -0.3 is 19.1 Å². The second-order valence-electron chi connectivity index (χ2n) is 8.39. The summed E-state index contributed by atoms with van der Waals surface area (Å²) in [5.41, 5.74) is 3.53. The summed E-state index contributed by atoms with van der Waals surface area (Å²) in [4.78, 5) is 2.10. The smallest absolute Gasteiger partial charge is 0.178 e. The summed E-state index contributed by atoms with van der Waals surface area (Å²) in [6, 6.07) is 27.0. The molecule has 4 nitrogen and oxygen atoms in total. The second kappa shape index (κ2) is 8.21. The summed E-state index contributed by atoms with van der Waals surface area (Å²) in [6.07, 6.45) is 4.30. The predicted octanol–water partition coefficient (Wildman–Crippen LogP) is 6.27. The molecule has 1 atom stereocenters. The van der Waals surface area contributed by atoms with E-state index >= 15 is 0 Å². The number of benzene rings is 4. The van der Waals surface area contributed by atoms with Crippen molar-refractivity contribution in [2.75, 3.05) is 33.2 Å². The van der Waals surface area contributed by atoms with Crippen LogP contribution in [0.15, 0.2) is 84.9 Å². The number of rotatable bonds is 5. The summed E-state index contributed by atoms with van der Waals surface area (Å²) in [7, 11) is 7.43. The minimum Gasteiger partial charge on any atom is -0.497 e. The van der Waals surface area contributed by atoms with E-state index in [1.54, 1.807) is 14.2 Å². The molecule has 0 radical (unpaired) electrons. The normalized spacial score (nSPS) is 16.7. The number of fused-ring (bicyclic) bond motifs is 3. The standard InChI is InChI=1S/C29H27NO3/c1-30(2)23-13-11-22(12-14-23)29(21-8-6-5-7-9-21)17-16-20-10-15-25-26(28(20)33-29)18-24(31-3)19-27(25)32-4/h5-19H,1-4H3. The van der Waals surface area contributed by atoms with Crippen molar-refractivity contribution in [1.82, 2.24) is 0 Å². The third-order valence-electron chi connectivity index (χ3n) is 6.28. The van der Waals surface area contributed by atoms with Crippen LogP contribution in [0, 0.1) is 0 Å². The van der Waals surface area contributed by atoms with Crippen LogP contribution in [-0.4, -0.2) is 28.3 Å². The lowest BCUT2D eigenvalue weighted by Gasteiger charge is -2.37. The van der Waals surface area contributed by atoms with E-state index in [9.17, 15) is 0 Å². The van der Waals surface area contributed by atoms with Gasteiger partial charge in [-0.05, 0) is 30.3 Å². The van der Waals surface area contributed by atoms with Crippen molar-refractivity contribution in [3.05, 3.63) is 102 Å². The van der Waals surface area contributed by atoms with Gasteiger partial charge in [-0.2, -0.15) is 0 Å². The van der Waals surface area contributed by atoms with E-state index in [0.29, 0.717) is 0 Å². The highest BCUT2D eigenvalue weighted by molar-refractivity contribution is 5.97. The Morgan fingerprint density at radius 1 is 0.758 bits per heavy atom. The molecule has 0 saturated heterocycles. The van der Waals surface area contributed by atoms with Crippen molar-refractivity contribution in [2.24, 2.45) is 0 Å². The van der Waals surface area contributed by atoms with Crippen LogP contribution in [0.25, 0.3) is 16.8 Å². The van der Waals surface area contributed by atoms with Gasteiger partial charge in [-0.15, -0.1) is 0 Å². The van der Waals surface area contributed by atoms with Crippen LogP contribution in [0.4, 0.5) is 5.69 Å². The summed E-state index contributed by atoms with van der Waals surface area (Å²) >= 11 is 0. The molecule has 0 N–H and O–H groups in total. The van der Waals surface area contributed by atoms with Crippen LogP contribution in [0.2, 0.25) is 0 Å². The van der Waals surface area contributed by atoms with Gasteiger partial charge in [0.25, 0.3) is 0 Å². The van der Waals surface area contributed by atoms with Gasteiger partial charge in [-0.3, -0.25) is 0 Å². The molecule has 5 rings (SSSR count). The monoisotopic (exact) mass is 437 g/mol. The van der Waals surface area contributed by atoms with Gasteiger partial charge in [-0.1, -0.05) is 54.6 Å². The number of hydrogen-bond donors (Lipinski definition) is 0. The first kappa shape index (κ1) is 21.0. The van der Waals surface area contributed by atoms with E-state index in [-0.39, 0.29) is 0 Å². The van der Waals surface area contributed by atoms with Gasteiger partial charge in [0.1, 0.15) is 17.2 Å². The molecule has 1 heterocycles. The van der Waals surface area contributed by atoms with Crippen molar-refractivity contribution in [3.8, 4) is 17.2 Å². The minimum absolute atomic E-state index is 0.728. The Morgan fingerprint density at radius 2 is 1.48 bits per heavy atom. The van der Waals surface area contributed by atoms with Crippen molar-refractivity contribution >= 4 is 22.5 Å². The molecule has 0 fully saturated rings. The topological polar surface area (TPSA) is 30.9 Å². The molecular formula is C29H27NO3. The largest absolute Gasteiger partial charge is 0.497 e. The SMILES string of the molecule is COc1cc(OC)c2ccc3c(c2c1)OC(c1ccccc1)(c1ccc(N(C)C)cc1)C=C3. The van der Waals surface area contributed by atoms with E-state index in [0.717, 1.165) is 50.4 Å². The fraction of sp³-hybridized carbons (Fsp3) is 0.172. The molecular weight excluding hydrogens is 410 g/mol. The lowest BCUT2D eigenvalue weighted by Crippen LogP contribution is -2.34. The van der Waals surface area contributed by atoms with Gasteiger partial charge in [0, 0.05) is 53.3 Å². The average molecular weight is 438 g/mol. The average Bonchev–Trinajstić information content (AvgIpc) is 2.88. The maximum atomic E-state index is 6.99. The zero-order valence-corrected chi connectivity index (χ0v) is 19.3. The Balaban J connectivity index is 1.74. The summed E-state index contributed by atoms with van der Waals surface area (Å²) in [6.45, 7) is 0. The fourth-order valence-corrected chi connectivity index (χ4v) is 4.47. The molecule has 4 heteroatoms. The molecule has 1 aliphatic rings. The van der Waals surface area contributed by atoms with Crippen LogP contribution in [0.5, 0.6) is 17.2 Å². The number of ether oxygens (including phenoxy) is 3. The highest BCUT2D eigenvalue weighted by Gasteiger charge is 2.37. The lowest BCUT2D eigenvalue weighted by atomic mass is 9.83. The van der Waals surface area contributed by atoms with Crippen molar-refractivity contribution in [1.29, 1.82) is 0 Å². The zero-order chi connectivity index (χ0) is 23.0. The summed E-state index contributed by atoms with van der Waals surface area (Å²) in [5.74, 6) is 2.30. The highest BCUT2D eigenvalue weighted by atomic mass is 16.5. The Hall–Kier alpha value is -3.92. The third-order valence-corrected chi connectivity index (χ3v) is 6.28. The molecule has 0 saturated carbocycles. The predicted molar refractivity (Wildman–Crippen MR) is 135 cm³/mol. The maximum absolute atomic E-state index is 6.99. The molecule has 33 heavy (non-hydrogen) atoms. The fourth-order valence-electron chi connectivity index (χ4n) is 4.47. The third kappa shape index (κ3) is 3.48. The quantitative estimate of drug-likeness (QED) is 0.368. The summed E-state index contributed by atoms with van der Waals surface area (Å²) in [5, 5.41) is 1.94. The number of anilines is 1. The Kier molecular flexibility index (Phi) is 5.21. The first-order chi connectivity index (χ1) is 16.1. The Bertz CT molecular complexity index is 1330. The molecule has 1 unspecified atom stereocenters. The number of methoxy groups -OCH3 is 2. The number of hydrogen-bond acceptors (Lipinski definition) is 4. The van der Waals surface area contributed by atoms with E-state index in [1.165, 1.54) is 0 Å². The summed E-state index contributed by atoms with van der Waals surface area (Å²) < 4.78 is 18.2. The van der Waals surface area contributed by atoms with E-state index in [2.05, 4.69) is 65.6 Å². The molecule has 0 aliphatic carbocycles. The minimum atomic E-state index is -0.760. The van der Waals surface area contributed by atoms with Gasteiger partial charge >= 0.3 is 0 Å². The lowest BCUT2D eigenvalue weighted by molar-refractivity contribution is 0.163. The first-order valence-electron chi connectivity index (χ1n) is 11.0. The van der Waals surface area contributed by atoms with Crippen molar-refractivity contribution in [2.45, 2.75) is 5.60 Å². The van der Waals surface area contributed by atoms with Crippen LogP contribution >= 0.6 is 0 Å². The Morgan fingerprint density at radius 3 is 2.15 bits per heavy atom. The van der Waals surface area contributed by atoms with E-state index in [1.807, 2.05) is 44.4 Å². The zero-order valence-electron chi connectivity index (χ0n) is 19.3. The molecule has 0 bridgehead atoms. The number of nitrogens with zero attached hydrogens (tertiary/aromatic N) is 1. The van der Waals surface area contributed by atoms with Crippen molar-refractivity contribution < 1.29 is 14.2 Å². The molecule has 0 amide bonds. The van der Waals surface area contributed by atoms with Gasteiger partial charge in [0.2, 0.25) is 0 Å². The molecule has 0 aromatic heterocycles. The van der Waals surface area contributed by atoms with Gasteiger partial charge in [0.05, 0.1) is 14.2 Å². The molecule has 166 valence electrons. The molecule has 4 aromatic rings. The van der Waals surface area contributed by atoms with Crippen LogP contribution in [-0.2, 0) is 5.60 Å². The van der Waals surface area contributed by atoms with E-state index in [4.69, 9.17) is 14.2 Å². The molecule has 4 aromatic carbocycles. The molecule has 0 spiro atoms.